The van der Waals surface area contributed by atoms with Crippen LogP contribution in [-0.4, -0.2) is 39.0 Å². The molecular weight excluding hydrogens is 328 g/mol. The van der Waals surface area contributed by atoms with Crippen molar-refractivity contribution in [3.8, 4) is 0 Å². The predicted molar refractivity (Wildman–Crippen MR) is 109 cm³/mol. The van der Waals surface area contributed by atoms with Crippen molar-refractivity contribution in [2.24, 2.45) is 0 Å². The summed E-state index contributed by atoms with van der Waals surface area (Å²) in [5.41, 5.74) is 0. The average molecular weight is 373 g/mol. The molecule has 0 spiro atoms. The molecule has 0 fully saturated rings. The van der Waals surface area contributed by atoms with E-state index in [1.807, 2.05) is 0 Å². The molecule has 0 atom stereocenters. The summed E-state index contributed by atoms with van der Waals surface area (Å²) >= 11 is 0. The largest absolute Gasteiger partial charge is 0.466 e. The fourth-order valence-corrected chi connectivity index (χ4v) is 2.77. The third kappa shape index (κ3) is 21.4. The molecular formula is C22H44O4. The highest BCUT2D eigenvalue weighted by Crippen LogP contribution is 2.06. The number of ether oxygens (including phenoxy) is 3. The van der Waals surface area contributed by atoms with Crippen LogP contribution in [0.15, 0.2) is 0 Å². The van der Waals surface area contributed by atoms with E-state index in [0.717, 1.165) is 32.3 Å². The van der Waals surface area contributed by atoms with Crippen LogP contribution in [0.1, 0.15) is 104 Å². The molecule has 4 nitrogen and oxygen atoms in total. The van der Waals surface area contributed by atoms with Crippen molar-refractivity contribution in [1.82, 2.24) is 0 Å². The van der Waals surface area contributed by atoms with Gasteiger partial charge in [0.25, 0.3) is 0 Å². The molecule has 0 bridgehead atoms. The van der Waals surface area contributed by atoms with E-state index < -0.39 is 0 Å². The molecule has 0 aliphatic rings. The van der Waals surface area contributed by atoms with E-state index in [4.69, 9.17) is 14.2 Å². The van der Waals surface area contributed by atoms with Gasteiger partial charge in [-0.05, 0) is 19.3 Å². The molecule has 0 amide bonds. The summed E-state index contributed by atoms with van der Waals surface area (Å²) in [6, 6.07) is 0. The Bertz CT molecular complexity index is 281. The number of hydrogen-bond acceptors (Lipinski definition) is 4. The second-order valence-electron chi connectivity index (χ2n) is 7.08. The molecule has 0 saturated carbocycles. The topological polar surface area (TPSA) is 44.8 Å². The van der Waals surface area contributed by atoms with E-state index >= 15 is 0 Å². The van der Waals surface area contributed by atoms with Crippen molar-refractivity contribution >= 4 is 5.97 Å². The third-order valence-electron chi connectivity index (χ3n) is 4.44. The van der Waals surface area contributed by atoms with Gasteiger partial charge in [0.1, 0.15) is 0 Å². The highest BCUT2D eigenvalue weighted by molar-refractivity contribution is 5.69. The molecule has 0 unspecified atom stereocenters. The van der Waals surface area contributed by atoms with E-state index in [9.17, 15) is 4.79 Å². The third-order valence-corrected chi connectivity index (χ3v) is 4.44. The highest BCUT2D eigenvalue weighted by Gasteiger charge is 2.02. The second-order valence-corrected chi connectivity index (χ2v) is 7.08. The standard InChI is InChI=1S/C22H44O4/c1-3-5-7-9-11-13-17-24-20-21-25-18-15-16-22(23)26-19-14-12-10-8-6-4-2/h3-21H2,1-2H3. The molecule has 4 heteroatoms. The zero-order chi connectivity index (χ0) is 19.1. The van der Waals surface area contributed by atoms with Crippen molar-refractivity contribution in [1.29, 1.82) is 0 Å². The van der Waals surface area contributed by atoms with Gasteiger partial charge in [-0.25, -0.2) is 0 Å². The lowest BCUT2D eigenvalue weighted by atomic mass is 10.1. The van der Waals surface area contributed by atoms with Crippen LogP contribution >= 0.6 is 0 Å². The molecule has 0 aromatic carbocycles. The van der Waals surface area contributed by atoms with Gasteiger partial charge in [-0.1, -0.05) is 78.1 Å². The summed E-state index contributed by atoms with van der Waals surface area (Å²) in [5.74, 6) is -0.0959. The van der Waals surface area contributed by atoms with E-state index in [1.165, 1.54) is 57.8 Å². The number of carbonyl (C=O) groups is 1. The van der Waals surface area contributed by atoms with Crippen LogP contribution in [0, 0.1) is 0 Å². The average Bonchev–Trinajstić information content (AvgIpc) is 2.64. The van der Waals surface area contributed by atoms with Crippen molar-refractivity contribution in [2.45, 2.75) is 104 Å². The molecule has 0 aliphatic heterocycles. The molecule has 156 valence electrons. The zero-order valence-corrected chi connectivity index (χ0v) is 17.6. The summed E-state index contributed by atoms with van der Waals surface area (Å²) in [6.45, 7) is 7.72. The van der Waals surface area contributed by atoms with Gasteiger partial charge in [0, 0.05) is 19.6 Å². The van der Waals surface area contributed by atoms with E-state index in [2.05, 4.69) is 13.8 Å². The van der Waals surface area contributed by atoms with Crippen molar-refractivity contribution in [2.75, 3.05) is 33.0 Å². The molecule has 26 heavy (non-hydrogen) atoms. The maximum atomic E-state index is 11.6. The second kappa shape index (κ2) is 22.4. The number of unbranched alkanes of at least 4 members (excludes halogenated alkanes) is 10. The molecule has 0 saturated heterocycles. The molecule has 0 radical (unpaired) electrons. The lowest BCUT2D eigenvalue weighted by molar-refractivity contribution is -0.144. The van der Waals surface area contributed by atoms with Crippen LogP contribution in [0.4, 0.5) is 0 Å². The van der Waals surface area contributed by atoms with Gasteiger partial charge in [-0.2, -0.15) is 0 Å². The fourth-order valence-electron chi connectivity index (χ4n) is 2.77. The van der Waals surface area contributed by atoms with Crippen molar-refractivity contribution in [3.63, 3.8) is 0 Å². The lowest BCUT2D eigenvalue weighted by Crippen LogP contribution is -2.09. The summed E-state index contributed by atoms with van der Waals surface area (Å²) in [4.78, 5) is 11.6. The first-order valence-electron chi connectivity index (χ1n) is 11.1. The Morgan fingerprint density at radius 2 is 1.00 bits per heavy atom. The predicted octanol–water partition coefficient (Wildman–Crippen LogP) is 6.06. The van der Waals surface area contributed by atoms with Crippen LogP contribution in [0.5, 0.6) is 0 Å². The Balaban J connectivity index is 3.12. The minimum atomic E-state index is -0.0959. The maximum absolute atomic E-state index is 11.6. The number of esters is 1. The normalized spacial score (nSPS) is 11.0. The summed E-state index contributed by atoms with van der Waals surface area (Å²) in [7, 11) is 0. The summed E-state index contributed by atoms with van der Waals surface area (Å²) in [6.07, 6.45) is 16.2. The highest BCUT2D eigenvalue weighted by atomic mass is 16.5. The van der Waals surface area contributed by atoms with Crippen molar-refractivity contribution < 1.29 is 19.0 Å². The quantitative estimate of drug-likeness (QED) is 0.181. The smallest absolute Gasteiger partial charge is 0.305 e. The molecule has 0 heterocycles. The van der Waals surface area contributed by atoms with Crippen LogP contribution < -0.4 is 0 Å². The van der Waals surface area contributed by atoms with E-state index in [-0.39, 0.29) is 5.97 Å². The lowest BCUT2D eigenvalue weighted by Gasteiger charge is -2.07. The monoisotopic (exact) mass is 372 g/mol. The first-order valence-corrected chi connectivity index (χ1v) is 11.1. The van der Waals surface area contributed by atoms with Gasteiger partial charge in [0.15, 0.2) is 0 Å². The van der Waals surface area contributed by atoms with Crippen LogP contribution in [0.25, 0.3) is 0 Å². The minimum absolute atomic E-state index is 0.0959. The van der Waals surface area contributed by atoms with E-state index in [0.29, 0.717) is 32.8 Å². The van der Waals surface area contributed by atoms with Gasteiger partial charge in [0.2, 0.25) is 0 Å². The van der Waals surface area contributed by atoms with Gasteiger partial charge >= 0.3 is 5.97 Å². The minimum Gasteiger partial charge on any atom is -0.466 e. The Hall–Kier alpha value is -0.610. The van der Waals surface area contributed by atoms with Gasteiger partial charge < -0.3 is 14.2 Å². The Morgan fingerprint density at radius 3 is 1.58 bits per heavy atom. The Kier molecular flexibility index (Phi) is 21.9. The Labute approximate surface area is 162 Å². The SMILES string of the molecule is CCCCCCCCOCCOCCCC(=O)OCCCCCCCC. The van der Waals surface area contributed by atoms with Gasteiger partial charge in [-0.15, -0.1) is 0 Å². The number of hydrogen-bond donors (Lipinski definition) is 0. The molecule has 0 N–H and O–H groups in total. The molecule has 0 aliphatic carbocycles. The van der Waals surface area contributed by atoms with Crippen LogP contribution in [-0.2, 0) is 19.0 Å². The Morgan fingerprint density at radius 1 is 0.538 bits per heavy atom. The summed E-state index contributed by atoms with van der Waals surface area (Å²) < 4.78 is 16.3. The van der Waals surface area contributed by atoms with Crippen LogP contribution in [0.3, 0.4) is 0 Å². The maximum Gasteiger partial charge on any atom is 0.305 e. The molecule has 0 aromatic heterocycles. The molecule has 0 aromatic rings. The zero-order valence-electron chi connectivity index (χ0n) is 17.6. The summed E-state index contributed by atoms with van der Waals surface area (Å²) in [5, 5.41) is 0. The first kappa shape index (κ1) is 25.4. The molecule has 0 rings (SSSR count). The van der Waals surface area contributed by atoms with Gasteiger partial charge in [0.05, 0.1) is 19.8 Å². The van der Waals surface area contributed by atoms with E-state index in [1.54, 1.807) is 0 Å². The number of carbonyl (C=O) groups excluding carboxylic acids is 1. The van der Waals surface area contributed by atoms with Gasteiger partial charge in [-0.3, -0.25) is 4.79 Å². The fraction of sp³-hybridized carbons (Fsp3) is 0.955. The first-order chi connectivity index (χ1) is 12.8. The van der Waals surface area contributed by atoms with Crippen LogP contribution in [0.2, 0.25) is 0 Å². The number of rotatable bonds is 21. The van der Waals surface area contributed by atoms with Crippen molar-refractivity contribution in [3.05, 3.63) is 0 Å².